The van der Waals surface area contributed by atoms with Gasteiger partial charge in [-0.05, 0) is 82.9 Å². The lowest BCUT2D eigenvalue weighted by atomic mass is 9.75. The average Bonchev–Trinajstić information content (AvgIpc) is 3.57. The van der Waals surface area contributed by atoms with Crippen molar-refractivity contribution in [1.82, 2.24) is 0 Å². The number of carbonyl (C=O) groups is 1. The lowest BCUT2D eigenvalue weighted by molar-refractivity contribution is -0.137. The van der Waals surface area contributed by atoms with Gasteiger partial charge in [-0.1, -0.05) is 63.6 Å². The maximum absolute atomic E-state index is 15.7. The third-order valence-electron chi connectivity index (χ3n) is 9.30. The number of alkyl halides is 2. The Morgan fingerprint density at radius 1 is 1.00 bits per heavy atom. The molecule has 2 aliphatic carbocycles. The summed E-state index contributed by atoms with van der Waals surface area (Å²) in [6.07, 6.45) is 1.73. The molecule has 0 unspecified atom stereocenters. The number of carboxylic acid groups (broad SMARTS) is 1. The molecule has 3 nitrogen and oxygen atoms in total. The number of aliphatic carboxylic acids is 1. The molecule has 0 aliphatic heterocycles. The van der Waals surface area contributed by atoms with Crippen LogP contribution in [0.2, 0.25) is 0 Å². The normalized spacial score (nSPS) is 19.8. The molecule has 0 spiro atoms. The van der Waals surface area contributed by atoms with Crippen LogP contribution in [-0.4, -0.2) is 11.1 Å². The van der Waals surface area contributed by atoms with E-state index in [0.29, 0.717) is 11.1 Å². The highest BCUT2D eigenvalue weighted by Crippen LogP contribution is 2.57. The molecule has 1 N–H and O–H groups in total. The Morgan fingerprint density at radius 2 is 1.76 bits per heavy atom. The van der Waals surface area contributed by atoms with E-state index in [9.17, 15) is 18.7 Å². The third kappa shape index (κ3) is 6.00. The summed E-state index contributed by atoms with van der Waals surface area (Å²) in [4.78, 5) is 11.5. The van der Waals surface area contributed by atoms with Gasteiger partial charge in [-0.25, -0.2) is 17.6 Å². The molecule has 0 heterocycles. The van der Waals surface area contributed by atoms with E-state index < -0.39 is 29.9 Å². The SMILES string of the molecule is CC1(C)CCC[C@@H]1c1cc(COc2cccc([C@@H](CC(=O)O)C3(C)CC3)c2F)ccc1-c1cc(C(F)F)ccc1F. The maximum atomic E-state index is 15.7. The maximum Gasteiger partial charge on any atom is 0.303 e. The zero-order valence-corrected chi connectivity index (χ0v) is 23.7. The molecule has 3 aromatic carbocycles. The molecule has 0 bridgehead atoms. The van der Waals surface area contributed by atoms with Gasteiger partial charge in [0.2, 0.25) is 0 Å². The van der Waals surface area contributed by atoms with Crippen LogP contribution in [0.4, 0.5) is 17.6 Å². The zero-order chi connectivity index (χ0) is 29.5. The first kappa shape index (κ1) is 29.2. The predicted octanol–water partition coefficient (Wildman–Crippen LogP) is 9.80. The van der Waals surface area contributed by atoms with Crippen molar-refractivity contribution >= 4 is 5.97 Å². The molecule has 41 heavy (non-hydrogen) atoms. The summed E-state index contributed by atoms with van der Waals surface area (Å²) in [5.74, 6) is -2.39. The van der Waals surface area contributed by atoms with Gasteiger partial charge in [0.25, 0.3) is 6.43 Å². The highest BCUT2D eigenvalue weighted by Gasteiger charge is 2.47. The summed E-state index contributed by atoms with van der Waals surface area (Å²) in [6.45, 7) is 6.36. The van der Waals surface area contributed by atoms with Gasteiger partial charge >= 0.3 is 5.97 Å². The Bertz CT molecular complexity index is 1440. The minimum Gasteiger partial charge on any atom is -0.486 e. The molecule has 0 aromatic heterocycles. The molecule has 0 radical (unpaired) electrons. The van der Waals surface area contributed by atoms with Crippen molar-refractivity contribution in [1.29, 1.82) is 0 Å². The molecule has 3 aromatic rings. The molecule has 2 saturated carbocycles. The number of hydrogen-bond acceptors (Lipinski definition) is 2. The van der Waals surface area contributed by atoms with Crippen LogP contribution in [0.15, 0.2) is 54.6 Å². The summed E-state index contributed by atoms with van der Waals surface area (Å²) in [5.41, 5.74) is 2.15. The van der Waals surface area contributed by atoms with E-state index in [4.69, 9.17) is 4.74 Å². The quantitative estimate of drug-likeness (QED) is 0.248. The monoisotopic (exact) mass is 568 g/mol. The second kappa shape index (κ2) is 11.1. The van der Waals surface area contributed by atoms with Crippen molar-refractivity contribution < 1.29 is 32.2 Å². The van der Waals surface area contributed by atoms with Gasteiger partial charge in [0.15, 0.2) is 11.6 Å². The van der Waals surface area contributed by atoms with Crippen molar-refractivity contribution in [3.63, 3.8) is 0 Å². The van der Waals surface area contributed by atoms with E-state index in [1.807, 2.05) is 13.0 Å². The topological polar surface area (TPSA) is 46.5 Å². The highest BCUT2D eigenvalue weighted by atomic mass is 19.3. The van der Waals surface area contributed by atoms with E-state index >= 15 is 8.78 Å². The minimum absolute atomic E-state index is 0.0429. The number of carboxylic acids is 1. The fourth-order valence-electron chi connectivity index (χ4n) is 6.55. The first-order chi connectivity index (χ1) is 19.4. The van der Waals surface area contributed by atoms with Gasteiger partial charge in [-0.15, -0.1) is 0 Å². The summed E-state index contributed by atoms with van der Waals surface area (Å²) in [5, 5.41) is 9.45. The van der Waals surface area contributed by atoms with E-state index in [1.54, 1.807) is 24.3 Å². The second-order valence-corrected chi connectivity index (χ2v) is 12.6. The number of hydrogen-bond donors (Lipinski definition) is 1. The smallest absolute Gasteiger partial charge is 0.303 e. The molecule has 0 amide bonds. The van der Waals surface area contributed by atoms with E-state index in [-0.39, 0.29) is 46.7 Å². The zero-order valence-electron chi connectivity index (χ0n) is 23.7. The third-order valence-corrected chi connectivity index (χ3v) is 9.30. The van der Waals surface area contributed by atoms with Crippen molar-refractivity contribution in [2.45, 2.75) is 84.2 Å². The Kier molecular flexibility index (Phi) is 7.92. The summed E-state index contributed by atoms with van der Waals surface area (Å²) in [7, 11) is 0. The molecular formula is C34H36F4O3. The number of benzene rings is 3. The molecule has 7 heteroatoms. The fraction of sp³-hybridized carbons (Fsp3) is 0.441. The molecule has 2 aliphatic rings. The van der Waals surface area contributed by atoms with E-state index in [0.717, 1.165) is 55.4 Å². The Labute approximate surface area is 238 Å². The van der Waals surface area contributed by atoms with Gasteiger partial charge in [-0.3, -0.25) is 4.79 Å². The van der Waals surface area contributed by atoms with Crippen LogP contribution in [0.3, 0.4) is 0 Å². The standard InChI is InChI=1S/C34H36F4O3/c1-33(2)13-5-7-26(33)24-16-20(9-11-22(24)25-17-21(32(37)38)10-12-28(25)35)19-41-29-8-4-6-23(31(29)36)27(18-30(39)40)34(3)14-15-34/h4,6,8-12,16-17,26-27,32H,5,7,13-15,18-19H2,1-3H3,(H,39,40)/t26-,27-/m1/s1. The fourth-order valence-corrected chi connectivity index (χ4v) is 6.55. The molecule has 5 rings (SSSR count). The van der Waals surface area contributed by atoms with Crippen molar-refractivity contribution in [2.75, 3.05) is 0 Å². The Hall–Kier alpha value is -3.35. The molecular weight excluding hydrogens is 532 g/mol. The van der Waals surface area contributed by atoms with Crippen molar-refractivity contribution in [2.24, 2.45) is 10.8 Å². The Morgan fingerprint density at radius 3 is 2.39 bits per heavy atom. The summed E-state index contributed by atoms with van der Waals surface area (Å²) >= 11 is 0. The summed E-state index contributed by atoms with van der Waals surface area (Å²) in [6, 6.07) is 13.7. The molecule has 0 saturated heterocycles. The van der Waals surface area contributed by atoms with E-state index in [2.05, 4.69) is 13.8 Å². The Balaban J connectivity index is 1.47. The van der Waals surface area contributed by atoms with Crippen LogP contribution in [-0.2, 0) is 11.4 Å². The van der Waals surface area contributed by atoms with Gasteiger partial charge in [0, 0.05) is 17.0 Å². The second-order valence-electron chi connectivity index (χ2n) is 12.6. The molecule has 218 valence electrons. The largest absolute Gasteiger partial charge is 0.486 e. The minimum atomic E-state index is -2.71. The predicted molar refractivity (Wildman–Crippen MR) is 150 cm³/mol. The highest BCUT2D eigenvalue weighted by molar-refractivity contribution is 5.70. The van der Waals surface area contributed by atoms with Crippen LogP contribution < -0.4 is 4.74 Å². The number of ether oxygens (including phenoxy) is 1. The number of rotatable bonds is 10. The van der Waals surface area contributed by atoms with E-state index in [1.165, 1.54) is 12.1 Å². The molecule has 2 fully saturated rings. The van der Waals surface area contributed by atoms with Crippen molar-refractivity contribution in [3.8, 4) is 16.9 Å². The van der Waals surface area contributed by atoms with Crippen LogP contribution in [0.25, 0.3) is 11.1 Å². The van der Waals surface area contributed by atoms with Crippen LogP contribution in [0.1, 0.15) is 99.8 Å². The summed E-state index contributed by atoms with van der Waals surface area (Å²) < 4.78 is 63.6. The average molecular weight is 569 g/mol. The van der Waals surface area contributed by atoms with Gasteiger partial charge in [-0.2, -0.15) is 0 Å². The lowest BCUT2D eigenvalue weighted by Gasteiger charge is -2.30. The van der Waals surface area contributed by atoms with Crippen LogP contribution >= 0.6 is 0 Å². The first-order valence-electron chi connectivity index (χ1n) is 14.2. The first-order valence-corrected chi connectivity index (χ1v) is 14.2. The van der Waals surface area contributed by atoms with Crippen LogP contribution in [0.5, 0.6) is 5.75 Å². The van der Waals surface area contributed by atoms with Gasteiger partial charge in [0.1, 0.15) is 12.4 Å². The molecule has 2 atom stereocenters. The lowest BCUT2D eigenvalue weighted by Crippen LogP contribution is -2.17. The van der Waals surface area contributed by atoms with Crippen LogP contribution in [0, 0.1) is 22.5 Å². The van der Waals surface area contributed by atoms with Gasteiger partial charge in [0.05, 0.1) is 6.42 Å². The number of halogens is 4. The van der Waals surface area contributed by atoms with Crippen molar-refractivity contribution in [3.05, 3.63) is 88.5 Å². The van der Waals surface area contributed by atoms with Gasteiger partial charge < -0.3 is 9.84 Å².